The van der Waals surface area contributed by atoms with Crippen molar-refractivity contribution in [2.24, 2.45) is 5.92 Å². The smallest absolute Gasteiger partial charge is 0.110 e. The Labute approximate surface area is 92.1 Å². The molecule has 0 aromatic carbocycles. The van der Waals surface area contributed by atoms with E-state index < -0.39 is 0 Å². The quantitative estimate of drug-likeness (QED) is 0.824. The van der Waals surface area contributed by atoms with Crippen molar-refractivity contribution in [2.75, 3.05) is 6.54 Å². The van der Waals surface area contributed by atoms with Crippen LogP contribution < -0.4 is 5.32 Å². The Kier molecular flexibility index (Phi) is 2.87. The summed E-state index contributed by atoms with van der Waals surface area (Å²) in [4.78, 5) is 0. The number of fused-ring (bicyclic) bond motifs is 1. The van der Waals surface area contributed by atoms with Crippen LogP contribution in [0.25, 0.3) is 0 Å². The van der Waals surface area contributed by atoms with Crippen LogP contribution in [0.3, 0.4) is 0 Å². The zero-order valence-corrected chi connectivity index (χ0v) is 9.97. The molecule has 1 aromatic heterocycles. The summed E-state index contributed by atoms with van der Waals surface area (Å²) in [7, 11) is 0. The third kappa shape index (κ3) is 2.10. The van der Waals surface area contributed by atoms with Gasteiger partial charge in [-0.1, -0.05) is 13.8 Å². The zero-order valence-electron chi connectivity index (χ0n) is 9.97. The van der Waals surface area contributed by atoms with Gasteiger partial charge in [-0.2, -0.15) is 0 Å². The van der Waals surface area contributed by atoms with Gasteiger partial charge >= 0.3 is 0 Å². The van der Waals surface area contributed by atoms with Crippen LogP contribution in [0.15, 0.2) is 16.7 Å². The van der Waals surface area contributed by atoms with Crippen molar-refractivity contribution in [2.45, 2.75) is 45.6 Å². The lowest BCUT2D eigenvalue weighted by Gasteiger charge is -2.35. The molecule has 84 valence electrons. The number of rotatable bonds is 3. The molecule has 0 amide bonds. The Balaban J connectivity index is 2.16. The van der Waals surface area contributed by atoms with Gasteiger partial charge in [0.1, 0.15) is 5.76 Å². The second-order valence-electron chi connectivity index (χ2n) is 5.20. The van der Waals surface area contributed by atoms with E-state index in [2.05, 4.69) is 32.2 Å². The normalized spacial score (nSPS) is 25.6. The second kappa shape index (κ2) is 4.01. The predicted octanol–water partition coefficient (Wildman–Crippen LogP) is 3.08. The summed E-state index contributed by atoms with van der Waals surface area (Å²) < 4.78 is 5.52. The molecule has 0 fully saturated rings. The van der Waals surface area contributed by atoms with Gasteiger partial charge in [-0.05, 0) is 31.7 Å². The highest BCUT2D eigenvalue weighted by molar-refractivity contribution is 5.28. The van der Waals surface area contributed by atoms with E-state index in [4.69, 9.17) is 4.42 Å². The maximum Gasteiger partial charge on any atom is 0.110 e. The number of hydrogen-bond acceptors (Lipinski definition) is 2. The Morgan fingerprint density at radius 1 is 1.53 bits per heavy atom. The SMILES string of the molecule is CC(C)CCC1(C)NCCc2occc21. The fourth-order valence-electron chi connectivity index (χ4n) is 2.37. The van der Waals surface area contributed by atoms with Crippen LogP contribution in [-0.2, 0) is 12.0 Å². The average molecular weight is 207 g/mol. The molecule has 2 heterocycles. The van der Waals surface area contributed by atoms with Crippen LogP contribution in [0.4, 0.5) is 0 Å². The highest BCUT2D eigenvalue weighted by atomic mass is 16.3. The first-order chi connectivity index (χ1) is 7.12. The van der Waals surface area contributed by atoms with E-state index >= 15 is 0 Å². The van der Waals surface area contributed by atoms with E-state index in [0.29, 0.717) is 0 Å². The summed E-state index contributed by atoms with van der Waals surface area (Å²) in [5.41, 5.74) is 1.50. The molecule has 0 bridgehead atoms. The molecule has 0 saturated carbocycles. The molecule has 0 spiro atoms. The van der Waals surface area contributed by atoms with Crippen molar-refractivity contribution in [3.05, 3.63) is 23.7 Å². The molecule has 1 aliphatic heterocycles. The molecule has 2 rings (SSSR count). The van der Waals surface area contributed by atoms with Crippen LogP contribution in [0, 0.1) is 5.92 Å². The van der Waals surface area contributed by atoms with Gasteiger partial charge in [0.25, 0.3) is 0 Å². The molecular formula is C13H21NO. The minimum Gasteiger partial charge on any atom is -0.469 e. The summed E-state index contributed by atoms with van der Waals surface area (Å²) in [6, 6.07) is 2.13. The standard InChI is InChI=1S/C13H21NO/c1-10(2)4-7-13(3)11-6-9-15-12(11)5-8-14-13/h6,9-10,14H,4-5,7-8H2,1-3H3. The lowest BCUT2D eigenvalue weighted by atomic mass is 9.82. The lowest BCUT2D eigenvalue weighted by molar-refractivity contribution is 0.285. The first kappa shape index (κ1) is 10.7. The first-order valence-electron chi connectivity index (χ1n) is 5.94. The van der Waals surface area contributed by atoms with Gasteiger partial charge in [0.15, 0.2) is 0 Å². The minimum absolute atomic E-state index is 0.130. The Bertz CT molecular complexity index is 329. The Hall–Kier alpha value is -0.760. The second-order valence-corrected chi connectivity index (χ2v) is 5.20. The van der Waals surface area contributed by atoms with Crippen molar-refractivity contribution < 1.29 is 4.42 Å². The molecular weight excluding hydrogens is 186 g/mol. The molecule has 1 N–H and O–H groups in total. The number of furan rings is 1. The topological polar surface area (TPSA) is 25.2 Å². The third-order valence-corrected chi connectivity index (χ3v) is 3.43. The third-order valence-electron chi connectivity index (χ3n) is 3.43. The van der Waals surface area contributed by atoms with Gasteiger partial charge in [-0.25, -0.2) is 0 Å². The van der Waals surface area contributed by atoms with E-state index in [1.165, 1.54) is 24.2 Å². The lowest BCUT2D eigenvalue weighted by Crippen LogP contribution is -2.44. The molecule has 15 heavy (non-hydrogen) atoms. The summed E-state index contributed by atoms with van der Waals surface area (Å²) in [5.74, 6) is 1.95. The zero-order chi connectivity index (χ0) is 10.9. The van der Waals surface area contributed by atoms with Crippen molar-refractivity contribution in [3.63, 3.8) is 0 Å². The van der Waals surface area contributed by atoms with E-state index in [9.17, 15) is 0 Å². The highest BCUT2D eigenvalue weighted by Crippen LogP contribution is 2.33. The van der Waals surface area contributed by atoms with Gasteiger partial charge in [-0.3, -0.25) is 0 Å². The van der Waals surface area contributed by atoms with E-state index in [0.717, 1.165) is 18.9 Å². The molecule has 0 aliphatic carbocycles. The fourth-order valence-corrected chi connectivity index (χ4v) is 2.37. The highest BCUT2D eigenvalue weighted by Gasteiger charge is 2.33. The van der Waals surface area contributed by atoms with Crippen LogP contribution >= 0.6 is 0 Å². The van der Waals surface area contributed by atoms with Crippen LogP contribution in [-0.4, -0.2) is 6.54 Å². The molecule has 1 aliphatic rings. The Morgan fingerprint density at radius 3 is 3.07 bits per heavy atom. The molecule has 1 unspecified atom stereocenters. The number of nitrogens with one attached hydrogen (secondary N) is 1. The van der Waals surface area contributed by atoms with E-state index in [1.807, 2.05) is 6.26 Å². The largest absolute Gasteiger partial charge is 0.469 e. The van der Waals surface area contributed by atoms with Crippen LogP contribution in [0.5, 0.6) is 0 Å². The number of hydrogen-bond donors (Lipinski definition) is 1. The monoisotopic (exact) mass is 207 g/mol. The van der Waals surface area contributed by atoms with Crippen LogP contribution in [0.2, 0.25) is 0 Å². The van der Waals surface area contributed by atoms with E-state index in [-0.39, 0.29) is 5.54 Å². The molecule has 2 heteroatoms. The summed E-state index contributed by atoms with van der Waals surface area (Å²) in [6.07, 6.45) is 5.30. The molecule has 1 aromatic rings. The van der Waals surface area contributed by atoms with Gasteiger partial charge < -0.3 is 9.73 Å². The van der Waals surface area contributed by atoms with Gasteiger partial charge in [-0.15, -0.1) is 0 Å². The maximum absolute atomic E-state index is 5.52. The summed E-state index contributed by atoms with van der Waals surface area (Å²) in [5, 5.41) is 3.63. The van der Waals surface area contributed by atoms with Crippen molar-refractivity contribution in [3.8, 4) is 0 Å². The first-order valence-corrected chi connectivity index (χ1v) is 5.94. The van der Waals surface area contributed by atoms with Gasteiger partial charge in [0.05, 0.1) is 6.26 Å². The minimum atomic E-state index is 0.130. The van der Waals surface area contributed by atoms with E-state index in [1.54, 1.807) is 0 Å². The molecule has 1 atom stereocenters. The van der Waals surface area contributed by atoms with Gasteiger partial charge in [0.2, 0.25) is 0 Å². The molecule has 2 nitrogen and oxygen atoms in total. The molecule has 0 radical (unpaired) electrons. The van der Waals surface area contributed by atoms with Gasteiger partial charge in [0, 0.05) is 24.1 Å². The molecule has 0 saturated heterocycles. The average Bonchev–Trinajstić information content (AvgIpc) is 2.65. The Morgan fingerprint density at radius 2 is 2.33 bits per heavy atom. The van der Waals surface area contributed by atoms with Crippen molar-refractivity contribution >= 4 is 0 Å². The van der Waals surface area contributed by atoms with Crippen LogP contribution in [0.1, 0.15) is 44.9 Å². The summed E-state index contributed by atoms with van der Waals surface area (Å²) in [6.45, 7) is 7.89. The van der Waals surface area contributed by atoms with Crippen molar-refractivity contribution in [1.29, 1.82) is 0 Å². The fraction of sp³-hybridized carbons (Fsp3) is 0.692. The summed E-state index contributed by atoms with van der Waals surface area (Å²) >= 11 is 0. The predicted molar refractivity (Wildman–Crippen MR) is 61.8 cm³/mol. The maximum atomic E-state index is 5.52. The van der Waals surface area contributed by atoms with Crippen molar-refractivity contribution in [1.82, 2.24) is 5.32 Å².